The molecule has 3 fully saturated rings. The summed E-state index contributed by atoms with van der Waals surface area (Å²) in [4.78, 5) is 29.2. The lowest BCUT2D eigenvalue weighted by Crippen LogP contribution is -2.56. The van der Waals surface area contributed by atoms with Crippen LogP contribution < -0.4 is 14.8 Å². The van der Waals surface area contributed by atoms with E-state index in [1.807, 2.05) is 4.90 Å². The number of nitrogens with zero attached hydrogens (tertiary/aromatic N) is 1. The number of aliphatic hydroxyl groups is 3. The number of aliphatic hydroxyl groups excluding tert-OH is 3. The molecular weight excluding hydrogens is 500 g/mol. The van der Waals surface area contributed by atoms with E-state index in [0.29, 0.717) is 58.9 Å². The number of hydrogen-bond donors (Lipinski definition) is 4. The average Bonchev–Trinajstić information content (AvgIpc) is 3.32. The summed E-state index contributed by atoms with van der Waals surface area (Å²) in [6.45, 7) is 0.231. The van der Waals surface area contributed by atoms with E-state index in [0.717, 1.165) is 25.2 Å². The van der Waals surface area contributed by atoms with Gasteiger partial charge in [-0.3, -0.25) is 9.59 Å². The number of hydrogen-bond acceptors (Lipinski definition) is 7. The van der Waals surface area contributed by atoms with Crippen LogP contribution in [-0.2, 0) is 16.2 Å². The van der Waals surface area contributed by atoms with Crippen molar-refractivity contribution < 1.29 is 34.4 Å². The highest BCUT2D eigenvalue weighted by molar-refractivity contribution is 5.96. The molecule has 6 rings (SSSR count). The molecule has 212 valence electrons. The number of methoxy groups -OCH3 is 1. The zero-order valence-corrected chi connectivity index (χ0v) is 22.6. The third-order valence-corrected chi connectivity index (χ3v) is 9.65. The summed E-state index contributed by atoms with van der Waals surface area (Å²) in [5, 5.41) is 33.7. The Morgan fingerprint density at radius 3 is 2.62 bits per heavy atom. The van der Waals surface area contributed by atoms with Crippen LogP contribution in [0.15, 0.2) is 23.8 Å². The maximum atomic E-state index is 13.9. The Morgan fingerprint density at radius 1 is 1.15 bits per heavy atom. The highest BCUT2D eigenvalue weighted by Gasteiger charge is 2.52. The molecule has 1 aromatic rings. The van der Waals surface area contributed by atoms with Crippen molar-refractivity contribution in [2.75, 3.05) is 26.8 Å². The largest absolute Gasteiger partial charge is 0.493 e. The summed E-state index contributed by atoms with van der Waals surface area (Å²) in [5.74, 6) is 2.11. The number of carbonyl (C=O) groups excluding carboxylic acids is 2. The van der Waals surface area contributed by atoms with Gasteiger partial charge in [-0.25, -0.2) is 0 Å². The van der Waals surface area contributed by atoms with Gasteiger partial charge in [-0.1, -0.05) is 6.42 Å². The molecule has 5 aliphatic rings. The molecule has 4 N–H and O–H groups in total. The number of carbonyl (C=O) groups is 2. The highest BCUT2D eigenvalue weighted by Crippen LogP contribution is 2.52. The van der Waals surface area contributed by atoms with Crippen molar-refractivity contribution in [2.24, 2.45) is 23.7 Å². The Kier molecular flexibility index (Phi) is 7.33. The summed E-state index contributed by atoms with van der Waals surface area (Å²) in [7, 11) is 1.51. The Labute approximate surface area is 229 Å². The van der Waals surface area contributed by atoms with E-state index in [2.05, 4.69) is 5.32 Å². The van der Waals surface area contributed by atoms with Crippen molar-refractivity contribution in [3.8, 4) is 11.5 Å². The van der Waals surface area contributed by atoms with Gasteiger partial charge in [0.05, 0.1) is 32.3 Å². The quantitative estimate of drug-likeness (QED) is 0.357. The normalized spacial score (nSPS) is 32.2. The van der Waals surface area contributed by atoms with Crippen LogP contribution in [-0.4, -0.2) is 77.1 Å². The first-order valence-electron chi connectivity index (χ1n) is 14.5. The fourth-order valence-electron chi connectivity index (χ4n) is 7.56. The molecule has 0 spiro atoms. The zero-order valence-electron chi connectivity index (χ0n) is 22.6. The van der Waals surface area contributed by atoms with Gasteiger partial charge in [0, 0.05) is 30.6 Å². The Balaban J connectivity index is 1.35. The van der Waals surface area contributed by atoms with E-state index in [1.54, 1.807) is 18.2 Å². The average molecular weight is 541 g/mol. The third kappa shape index (κ3) is 4.93. The summed E-state index contributed by atoms with van der Waals surface area (Å²) in [6, 6.07) is 2.77. The lowest BCUT2D eigenvalue weighted by molar-refractivity contribution is -0.139. The molecule has 2 amide bonds. The van der Waals surface area contributed by atoms with Crippen LogP contribution in [0.5, 0.6) is 11.5 Å². The first kappa shape index (κ1) is 26.6. The van der Waals surface area contributed by atoms with Crippen LogP contribution in [0, 0.1) is 23.7 Å². The lowest BCUT2D eigenvalue weighted by Gasteiger charge is -2.41. The van der Waals surface area contributed by atoms with Gasteiger partial charge >= 0.3 is 0 Å². The topological polar surface area (TPSA) is 129 Å². The molecule has 1 aromatic carbocycles. The van der Waals surface area contributed by atoms with Crippen LogP contribution in [0.2, 0.25) is 0 Å². The van der Waals surface area contributed by atoms with E-state index in [-0.39, 0.29) is 31.6 Å². The van der Waals surface area contributed by atoms with Gasteiger partial charge in [0.25, 0.3) is 0 Å². The molecule has 7 atom stereocenters. The second kappa shape index (κ2) is 10.7. The standard InChI is InChI=1S/C30H40N2O7/c1-38-24-11-18(15-34)10-21-26-22(30(37)31-6-7-33)13-23(27(36)29(26)39-28(21)24)32(14-16-2-3-16)25(35)12-20-9-17-4-5-19(20)8-17/h10-11,13,16-17,19-20,23,26-27,29,33-34,36H,2-9,12,14-15H2,1H3,(H,31,37). The Morgan fingerprint density at radius 2 is 1.97 bits per heavy atom. The van der Waals surface area contributed by atoms with Crippen LogP contribution in [0.3, 0.4) is 0 Å². The van der Waals surface area contributed by atoms with Crippen LogP contribution in [0.25, 0.3) is 0 Å². The van der Waals surface area contributed by atoms with Gasteiger partial charge in [0.2, 0.25) is 11.8 Å². The number of ether oxygens (including phenoxy) is 2. The van der Waals surface area contributed by atoms with Crippen LogP contribution in [0.4, 0.5) is 0 Å². The molecule has 2 bridgehead atoms. The Bertz CT molecular complexity index is 1150. The molecule has 0 aromatic heterocycles. The molecule has 0 saturated heterocycles. The van der Waals surface area contributed by atoms with Gasteiger partial charge in [0.15, 0.2) is 11.5 Å². The molecule has 1 aliphatic heterocycles. The smallest absolute Gasteiger partial charge is 0.247 e. The van der Waals surface area contributed by atoms with E-state index in [4.69, 9.17) is 9.47 Å². The summed E-state index contributed by atoms with van der Waals surface area (Å²) in [6.07, 6.45) is 7.33. The maximum absolute atomic E-state index is 13.9. The van der Waals surface area contributed by atoms with E-state index in [9.17, 15) is 24.9 Å². The summed E-state index contributed by atoms with van der Waals surface area (Å²) >= 11 is 0. The second-order valence-electron chi connectivity index (χ2n) is 12.1. The van der Waals surface area contributed by atoms with Gasteiger partial charge in [-0.2, -0.15) is 0 Å². The Hall–Kier alpha value is -2.62. The monoisotopic (exact) mass is 540 g/mol. The lowest BCUT2D eigenvalue weighted by atomic mass is 9.77. The summed E-state index contributed by atoms with van der Waals surface area (Å²) < 4.78 is 11.9. The zero-order chi connectivity index (χ0) is 27.3. The minimum Gasteiger partial charge on any atom is -0.493 e. The first-order valence-corrected chi connectivity index (χ1v) is 14.5. The fraction of sp³-hybridized carbons (Fsp3) is 0.667. The molecular formula is C30H40N2O7. The minimum atomic E-state index is -1.05. The number of rotatable bonds is 10. The number of nitrogens with one attached hydrogen (secondary N) is 1. The van der Waals surface area contributed by atoms with Crippen molar-refractivity contribution in [1.82, 2.24) is 10.2 Å². The van der Waals surface area contributed by atoms with Crippen molar-refractivity contribution >= 4 is 11.8 Å². The van der Waals surface area contributed by atoms with Crippen molar-refractivity contribution in [2.45, 2.75) is 75.7 Å². The molecule has 9 heteroatoms. The van der Waals surface area contributed by atoms with E-state index in [1.165, 1.54) is 26.4 Å². The molecule has 4 aliphatic carbocycles. The van der Waals surface area contributed by atoms with Crippen molar-refractivity contribution in [3.05, 3.63) is 34.9 Å². The SMILES string of the molecule is COc1cc(CO)cc2c1OC1C2C(C(=O)NCCO)=CC(N(CC2CC2)C(=O)CC2CC3CCC2C3)C1O. The molecule has 3 saturated carbocycles. The predicted molar refractivity (Wildman–Crippen MR) is 142 cm³/mol. The molecule has 7 unspecified atom stereocenters. The number of benzene rings is 1. The minimum absolute atomic E-state index is 0.0453. The van der Waals surface area contributed by atoms with Gasteiger partial charge in [-0.15, -0.1) is 0 Å². The van der Waals surface area contributed by atoms with Crippen LogP contribution >= 0.6 is 0 Å². The van der Waals surface area contributed by atoms with E-state index >= 15 is 0 Å². The molecule has 9 nitrogen and oxygen atoms in total. The first-order chi connectivity index (χ1) is 18.9. The van der Waals surface area contributed by atoms with Gasteiger partial charge < -0.3 is 35.0 Å². The second-order valence-corrected chi connectivity index (χ2v) is 12.1. The van der Waals surface area contributed by atoms with Crippen LogP contribution in [0.1, 0.15) is 62.0 Å². The molecule has 39 heavy (non-hydrogen) atoms. The summed E-state index contributed by atoms with van der Waals surface area (Å²) in [5.41, 5.74) is 1.67. The van der Waals surface area contributed by atoms with E-state index < -0.39 is 24.2 Å². The number of fused-ring (bicyclic) bond motifs is 5. The maximum Gasteiger partial charge on any atom is 0.247 e. The van der Waals surface area contributed by atoms with Gasteiger partial charge in [0.1, 0.15) is 12.2 Å². The molecule has 1 heterocycles. The number of amides is 2. The van der Waals surface area contributed by atoms with Crippen molar-refractivity contribution in [1.29, 1.82) is 0 Å². The predicted octanol–water partition coefficient (Wildman–Crippen LogP) is 1.87. The van der Waals surface area contributed by atoms with Crippen molar-refractivity contribution in [3.63, 3.8) is 0 Å². The van der Waals surface area contributed by atoms with Gasteiger partial charge in [-0.05, 0) is 79.5 Å². The third-order valence-electron chi connectivity index (χ3n) is 9.65. The highest BCUT2D eigenvalue weighted by atomic mass is 16.5. The fourth-order valence-corrected chi connectivity index (χ4v) is 7.56. The molecule has 0 radical (unpaired) electrons.